The number of rotatable bonds is 3. The third kappa shape index (κ3) is 3.66. The molecule has 5 nitrogen and oxygen atoms in total. The molecule has 1 N–H and O–H groups in total. The molecule has 1 aromatic carbocycles. The summed E-state index contributed by atoms with van der Waals surface area (Å²) in [7, 11) is 0. The summed E-state index contributed by atoms with van der Waals surface area (Å²) in [5.41, 5.74) is 1.19. The molecule has 1 saturated heterocycles. The number of piperidine rings is 1. The lowest BCUT2D eigenvalue weighted by Gasteiger charge is -2.31. The quantitative estimate of drug-likeness (QED) is 0.927. The number of nitrogens with one attached hydrogen (secondary N) is 1. The summed E-state index contributed by atoms with van der Waals surface area (Å²) >= 11 is 0. The van der Waals surface area contributed by atoms with Gasteiger partial charge in [0.1, 0.15) is 5.75 Å². The number of fused-ring (bicyclic) bond motifs is 1. The van der Waals surface area contributed by atoms with Gasteiger partial charge >= 0.3 is 0 Å². The first-order valence-corrected chi connectivity index (χ1v) is 8.40. The molecular weight excluding hydrogens is 292 g/mol. The molecule has 5 heteroatoms. The molecule has 1 fully saturated rings. The van der Waals surface area contributed by atoms with Gasteiger partial charge in [0.25, 0.3) is 0 Å². The molecule has 0 saturated carbocycles. The van der Waals surface area contributed by atoms with E-state index in [0.717, 1.165) is 25.0 Å². The molecular formula is C18H24N2O3. The monoisotopic (exact) mass is 316 g/mol. The van der Waals surface area contributed by atoms with Gasteiger partial charge in [-0.2, -0.15) is 0 Å². The number of ether oxygens (including phenoxy) is 1. The van der Waals surface area contributed by atoms with Gasteiger partial charge < -0.3 is 15.0 Å². The van der Waals surface area contributed by atoms with Crippen LogP contribution >= 0.6 is 0 Å². The van der Waals surface area contributed by atoms with Crippen LogP contribution < -0.4 is 10.1 Å². The number of carbonyl (C=O) groups is 2. The number of hydrogen-bond acceptors (Lipinski definition) is 3. The smallest absolute Gasteiger partial charge is 0.223 e. The summed E-state index contributed by atoms with van der Waals surface area (Å²) in [6, 6.07) is 8.06. The number of amides is 2. The molecule has 0 radical (unpaired) electrons. The third-order valence-corrected chi connectivity index (χ3v) is 4.92. The lowest BCUT2D eigenvalue weighted by Crippen LogP contribution is -2.43. The molecule has 0 bridgehead atoms. The predicted molar refractivity (Wildman–Crippen MR) is 87.3 cm³/mol. The van der Waals surface area contributed by atoms with Gasteiger partial charge in [-0.05, 0) is 30.9 Å². The maximum Gasteiger partial charge on any atom is 0.223 e. The van der Waals surface area contributed by atoms with E-state index in [2.05, 4.69) is 11.4 Å². The Morgan fingerprint density at radius 2 is 1.96 bits per heavy atom. The fourth-order valence-electron chi connectivity index (χ4n) is 3.45. The second kappa shape index (κ2) is 7.02. The van der Waals surface area contributed by atoms with Crippen molar-refractivity contribution in [1.29, 1.82) is 0 Å². The maximum absolute atomic E-state index is 12.4. The minimum atomic E-state index is 0.0284. The molecule has 1 unspecified atom stereocenters. The molecule has 0 aliphatic carbocycles. The Morgan fingerprint density at radius 1 is 1.22 bits per heavy atom. The van der Waals surface area contributed by atoms with Crippen molar-refractivity contribution < 1.29 is 14.3 Å². The van der Waals surface area contributed by atoms with E-state index in [0.29, 0.717) is 32.2 Å². The highest BCUT2D eigenvalue weighted by Crippen LogP contribution is 2.32. The van der Waals surface area contributed by atoms with Crippen LogP contribution in [-0.2, 0) is 9.59 Å². The number of carbonyl (C=O) groups excluding carboxylic acids is 2. The van der Waals surface area contributed by atoms with Crippen molar-refractivity contribution in [3.8, 4) is 5.75 Å². The number of likely N-dealkylation sites (tertiary alicyclic amines) is 1. The zero-order chi connectivity index (χ0) is 16.2. The fourth-order valence-corrected chi connectivity index (χ4v) is 3.45. The van der Waals surface area contributed by atoms with Crippen LogP contribution in [0.2, 0.25) is 0 Å². The van der Waals surface area contributed by atoms with Gasteiger partial charge in [-0.3, -0.25) is 9.59 Å². The fraction of sp³-hybridized carbons (Fsp3) is 0.556. The molecule has 2 aliphatic rings. The van der Waals surface area contributed by atoms with E-state index in [1.165, 1.54) is 5.56 Å². The van der Waals surface area contributed by atoms with E-state index in [1.54, 1.807) is 6.92 Å². The Kier molecular flexibility index (Phi) is 4.84. The van der Waals surface area contributed by atoms with E-state index in [1.807, 2.05) is 23.1 Å². The molecule has 0 aromatic heterocycles. The van der Waals surface area contributed by atoms with Gasteiger partial charge in [0.05, 0.1) is 6.61 Å². The van der Waals surface area contributed by atoms with E-state index in [-0.39, 0.29) is 17.7 Å². The second-order valence-corrected chi connectivity index (χ2v) is 6.40. The predicted octanol–water partition coefficient (Wildman–Crippen LogP) is 1.93. The van der Waals surface area contributed by atoms with Gasteiger partial charge in [0.15, 0.2) is 0 Å². The SMILES string of the molecule is CC(=O)N1CCC(C(=O)NCC2CCOc3ccccc32)CC1. The molecule has 2 aliphatic heterocycles. The highest BCUT2D eigenvalue weighted by atomic mass is 16.5. The highest BCUT2D eigenvalue weighted by Gasteiger charge is 2.27. The van der Waals surface area contributed by atoms with Gasteiger partial charge in [-0.25, -0.2) is 0 Å². The molecule has 2 amide bonds. The van der Waals surface area contributed by atoms with Gasteiger partial charge in [0, 0.05) is 38.4 Å². The average molecular weight is 316 g/mol. The van der Waals surface area contributed by atoms with Crippen LogP contribution in [0.25, 0.3) is 0 Å². The van der Waals surface area contributed by atoms with Crippen LogP contribution in [0.4, 0.5) is 0 Å². The minimum absolute atomic E-state index is 0.0284. The Hall–Kier alpha value is -2.04. The number of para-hydroxylation sites is 1. The van der Waals surface area contributed by atoms with E-state index >= 15 is 0 Å². The minimum Gasteiger partial charge on any atom is -0.493 e. The van der Waals surface area contributed by atoms with Crippen molar-refractivity contribution >= 4 is 11.8 Å². The summed E-state index contributed by atoms with van der Waals surface area (Å²) in [4.78, 5) is 25.5. The van der Waals surface area contributed by atoms with Crippen LogP contribution in [0.15, 0.2) is 24.3 Å². The molecule has 2 heterocycles. The first-order chi connectivity index (χ1) is 11.1. The molecule has 3 rings (SSSR count). The first kappa shape index (κ1) is 15.8. The maximum atomic E-state index is 12.4. The van der Waals surface area contributed by atoms with Crippen molar-refractivity contribution in [2.24, 2.45) is 5.92 Å². The summed E-state index contributed by atoms with van der Waals surface area (Å²) in [6.07, 6.45) is 2.45. The Labute approximate surface area is 137 Å². The largest absolute Gasteiger partial charge is 0.493 e. The zero-order valence-electron chi connectivity index (χ0n) is 13.6. The van der Waals surface area contributed by atoms with Crippen molar-refractivity contribution in [2.45, 2.75) is 32.1 Å². The molecule has 1 aromatic rings. The molecule has 23 heavy (non-hydrogen) atoms. The summed E-state index contributed by atoms with van der Waals surface area (Å²) in [5, 5.41) is 3.11. The number of benzene rings is 1. The van der Waals surface area contributed by atoms with Crippen molar-refractivity contribution in [2.75, 3.05) is 26.2 Å². The lowest BCUT2D eigenvalue weighted by molar-refractivity contribution is -0.133. The normalized spacial score (nSPS) is 21.3. The summed E-state index contributed by atoms with van der Waals surface area (Å²) < 4.78 is 5.66. The Bertz CT molecular complexity index is 579. The number of nitrogens with zero attached hydrogens (tertiary/aromatic N) is 1. The molecule has 124 valence electrons. The topological polar surface area (TPSA) is 58.6 Å². The van der Waals surface area contributed by atoms with E-state index in [9.17, 15) is 9.59 Å². The Balaban J connectivity index is 1.51. The van der Waals surface area contributed by atoms with E-state index in [4.69, 9.17) is 4.74 Å². The molecule has 0 spiro atoms. The molecule has 1 atom stereocenters. The third-order valence-electron chi connectivity index (χ3n) is 4.92. The van der Waals surface area contributed by atoms with Gasteiger partial charge in [0.2, 0.25) is 11.8 Å². The van der Waals surface area contributed by atoms with Crippen molar-refractivity contribution in [3.63, 3.8) is 0 Å². The van der Waals surface area contributed by atoms with Crippen LogP contribution in [0.5, 0.6) is 5.75 Å². The van der Waals surface area contributed by atoms with Crippen LogP contribution in [0.1, 0.15) is 37.7 Å². The van der Waals surface area contributed by atoms with Crippen molar-refractivity contribution in [1.82, 2.24) is 10.2 Å². The summed E-state index contributed by atoms with van der Waals surface area (Å²) in [5.74, 6) is 1.51. The van der Waals surface area contributed by atoms with Crippen LogP contribution in [0, 0.1) is 5.92 Å². The lowest BCUT2D eigenvalue weighted by atomic mass is 9.92. The van der Waals surface area contributed by atoms with Crippen LogP contribution in [-0.4, -0.2) is 43.0 Å². The zero-order valence-corrected chi connectivity index (χ0v) is 13.6. The highest BCUT2D eigenvalue weighted by molar-refractivity contribution is 5.79. The van der Waals surface area contributed by atoms with Gasteiger partial charge in [-0.1, -0.05) is 18.2 Å². The van der Waals surface area contributed by atoms with E-state index < -0.39 is 0 Å². The first-order valence-electron chi connectivity index (χ1n) is 8.40. The standard InChI is InChI=1S/C18H24N2O3/c1-13(21)20-9-6-14(7-10-20)18(22)19-12-15-8-11-23-17-5-3-2-4-16(15)17/h2-5,14-15H,6-12H2,1H3,(H,19,22). The van der Waals surface area contributed by atoms with Gasteiger partial charge in [-0.15, -0.1) is 0 Å². The van der Waals surface area contributed by atoms with Crippen LogP contribution in [0.3, 0.4) is 0 Å². The average Bonchev–Trinajstić information content (AvgIpc) is 2.59. The Morgan fingerprint density at radius 3 is 2.70 bits per heavy atom. The van der Waals surface area contributed by atoms with Crippen molar-refractivity contribution in [3.05, 3.63) is 29.8 Å². The second-order valence-electron chi connectivity index (χ2n) is 6.40. The summed E-state index contributed by atoms with van der Waals surface area (Å²) in [6.45, 7) is 4.32. The number of hydrogen-bond donors (Lipinski definition) is 1.